The monoisotopic (exact) mass is 266 g/mol. The maximum Gasteiger partial charge on any atom is 0.151 e. The fraction of sp³-hybridized carbons (Fsp3) is 0.533. The number of aldehydes is 1. The smallest absolute Gasteiger partial charge is 0.151 e. The van der Waals surface area contributed by atoms with Gasteiger partial charge in [0.25, 0.3) is 0 Å². The quantitative estimate of drug-likeness (QED) is 0.733. The molecular weight excluding hydrogens is 240 g/mol. The average molecular weight is 266 g/mol. The SMILES string of the molecule is C=O.CC.CN1CCCC1.Cc1ccc(C=O)cn1. The lowest BCUT2D eigenvalue weighted by molar-refractivity contribution is -0.0979. The Morgan fingerprint density at radius 3 is 2.00 bits per heavy atom. The number of carbonyl (C=O) groups is 2. The van der Waals surface area contributed by atoms with Gasteiger partial charge in [-0.25, -0.2) is 0 Å². The third kappa shape index (κ3) is 11.3. The van der Waals surface area contributed by atoms with Crippen molar-refractivity contribution in [1.82, 2.24) is 9.88 Å². The number of hydrogen-bond acceptors (Lipinski definition) is 4. The number of hydrogen-bond donors (Lipinski definition) is 0. The predicted octanol–water partition coefficient (Wildman–Crippen LogP) is 2.76. The van der Waals surface area contributed by atoms with Crippen molar-refractivity contribution in [1.29, 1.82) is 0 Å². The van der Waals surface area contributed by atoms with Gasteiger partial charge in [-0.05, 0) is 52.0 Å². The van der Waals surface area contributed by atoms with Gasteiger partial charge < -0.3 is 9.69 Å². The van der Waals surface area contributed by atoms with Crippen LogP contribution >= 0.6 is 0 Å². The molecule has 2 rings (SSSR count). The van der Waals surface area contributed by atoms with Crippen LogP contribution in [0.2, 0.25) is 0 Å². The molecule has 2 heterocycles. The van der Waals surface area contributed by atoms with Crippen molar-refractivity contribution in [2.45, 2.75) is 33.6 Å². The third-order valence-corrected chi connectivity index (χ3v) is 2.40. The maximum absolute atomic E-state index is 10.1. The molecule has 0 amide bonds. The molecule has 0 aromatic carbocycles. The summed E-state index contributed by atoms with van der Waals surface area (Å²) in [6, 6.07) is 3.55. The number of carbonyl (C=O) groups excluding carboxylic acids is 2. The standard InChI is InChI=1S/C7H7NO.C5H11N.C2H6.CH2O/c1-6-2-3-7(5-9)4-8-6;1-6-4-2-3-5-6;2*1-2/h2-5H,1H3;2-5H2,1H3;1-2H3;1H2. The van der Waals surface area contributed by atoms with Gasteiger partial charge in [-0.1, -0.05) is 13.8 Å². The van der Waals surface area contributed by atoms with Crippen molar-refractivity contribution in [3.05, 3.63) is 29.6 Å². The lowest BCUT2D eigenvalue weighted by Gasteiger charge is -2.01. The highest BCUT2D eigenvalue weighted by atomic mass is 16.1. The Balaban J connectivity index is 0. The molecule has 0 bridgehead atoms. The Labute approximate surface area is 116 Å². The zero-order valence-electron chi connectivity index (χ0n) is 12.6. The first kappa shape index (κ1) is 19.8. The predicted molar refractivity (Wildman–Crippen MR) is 79.6 cm³/mol. The molecule has 0 radical (unpaired) electrons. The van der Waals surface area contributed by atoms with E-state index in [1.54, 1.807) is 12.3 Å². The molecule has 1 aliphatic rings. The van der Waals surface area contributed by atoms with E-state index < -0.39 is 0 Å². The molecule has 1 aromatic rings. The summed E-state index contributed by atoms with van der Waals surface area (Å²) < 4.78 is 0. The highest BCUT2D eigenvalue weighted by molar-refractivity contribution is 5.73. The topological polar surface area (TPSA) is 50.3 Å². The van der Waals surface area contributed by atoms with E-state index in [0.717, 1.165) is 12.0 Å². The molecule has 0 unspecified atom stereocenters. The number of aromatic nitrogens is 1. The van der Waals surface area contributed by atoms with Crippen molar-refractivity contribution in [2.24, 2.45) is 0 Å². The molecular formula is C15H26N2O2. The minimum absolute atomic E-state index is 0.626. The Morgan fingerprint density at radius 1 is 1.21 bits per heavy atom. The fourth-order valence-corrected chi connectivity index (χ4v) is 1.42. The number of likely N-dealkylation sites (tertiary alicyclic amines) is 1. The lowest BCUT2D eigenvalue weighted by Crippen LogP contribution is -2.10. The van der Waals surface area contributed by atoms with Crippen LogP contribution in [0.4, 0.5) is 0 Å². The minimum Gasteiger partial charge on any atom is -0.307 e. The van der Waals surface area contributed by atoms with Crippen LogP contribution in [0.15, 0.2) is 18.3 Å². The second-order valence-corrected chi connectivity index (χ2v) is 3.86. The van der Waals surface area contributed by atoms with Crippen LogP contribution in [-0.4, -0.2) is 43.1 Å². The van der Waals surface area contributed by atoms with Crippen molar-refractivity contribution < 1.29 is 9.59 Å². The summed E-state index contributed by atoms with van der Waals surface area (Å²) in [5.41, 5.74) is 1.56. The zero-order chi connectivity index (χ0) is 15.1. The summed E-state index contributed by atoms with van der Waals surface area (Å²) in [5.74, 6) is 0. The van der Waals surface area contributed by atoms with Crippen LogP contribution in [0.25, 0.3) is 0 Å². The molecule has 4 nitrogen and oxygen atoms in total. The van der Waals surface area contributed by atoms with Gasteiger partial charge in [-0.2, -0.15) is 0 Å². The Morgan fingerprint density at radius 2 is 1.74 bits per heavy atom. The van der Waals surface area contributed by atoms with E-state index in [2.05, 4.69) is 16.9 Å². The molecule has 0 aliphatic carbocycles. The van der Waals surface area contributed by atoms with E-state index in [-0.39, 0.29) is 0 Å². The van der Waals surface area contributed by atoms with Gasteiger partial charge in [0.1, 0.15) is 6.79 Å². The van der Waals surface area contributed by atoms with Crippen molar-refractivity contribution >= 4 is 13.1 Å². The van der Waals surface area contributed by atoms with E-state index in [1.807, 2.05) is 33.6 Å². The maximum atomic E-state index is 10.1. The Hall–Kier alpha value is -1.55. The van der Waals surface area contributed by atoms with E-state index in [9.17, 15) is 4.79 Å². The molecule has 0 saturated carbocycles. The van der Waals surface area contributed by atoms with E-state index in [4.69, 9.17) is 4.79 Å². The zero-order valence-corrected chi connectivity index (χ0v) is 12.6. The van der Waals surface area contributed by atoms with Crippen LogP contribution < -0.4 is 0 Å². The highest BCUT2D eigenvalue weighted by Crippen LogP contribution is 2.02. The van der Waals surface area contributed by atoms with E-state index in [1.165, 1.54) is 25.9 Å². The largest absolute Gasteiger partial charge is 0.307 e. The summed E-state index contributed by atoms with van der Waals surface area (Å²) >= 11 is 0. The summed E-state index contributed by atoms with van der Waals surface area (Å²) in [6.07, 6.45) is 5.17. The lowest BCUT2D eigenvalue weighted by atomic mass is 10.3. The first-order valence-electron chi connectivity index (χ1n) is 6.57. The normalized spacial score (nSPS) is 12.8. The number of rotatable bonds is 1. The second kappa shape index (κ2) is 14.5. The molecule has 0 spiro atoms. The van der Waals surface area contributed by atoms with E-state index >= 15 is 0 Å². The van der Waals surface area contributed by atoms with Gasteiger partial charge in [-0.3, -0.25) is 9.78 Å². The van der Waals surface area contributed by atoms with Gasteiger partial charge in [-0.15, -0.1) is 0 Å². The van der Waals surface area contributed by atoms with Crippen LogP contribution in [-0.2, 0) is 4.79 Å². The fourth-order valence-electron chi connectivity index (χ4n) is 1.42. The molecule has 19 heavy (non-hydrogen) atoms. The van der Waals surface area contributed by atoms with Crippen LogP contribution in [0, 0.1) is 6.92 Å². The molecule has 1 fully saturated rings. The summed E-state index contributed by atoms with van der Waals surface area (Å²) in [7, 11) is 2.17. The first-order valence-corrected chi connectivity index (χ1v) is 6.57. The summed E-state index contributed by atoms with van der Waals surface area (Å²) in [4.78, 5) is 24.4. The Bertz CT molecular complexity index is 306. The molecule has 0 N–H and O–H groups in total. The van der Waals surface area contributed by atoms with Crippen molar-refractivity contribution in [3.63, 3.8) is 0 Å². The third-order valence-electron chi connectivity index (χ3n) is 2.40. The number of nitrogens with zero attached hydrogens (tertiary/aromatic N) is 2. The van der Waals surface area contributed by atoms with Gasteiger partial charge >= 0.3 is 0 Å². The molecule has 0 atom stereocenters. The highest BCUT2D eigenvalue weighted by Gasteiger charge is 2.03. The summed E-state index contributed by atoms with van der Waals surface area (Å²) in [5, 5.41) is 0. The number of pyridine rings is 1. The molecule has 1 saturated heterocycles. The van der Waals surface area contributed by atoms with Crippen molar-refractivity contribution in [3.8, 4) is 0 Å². The number of aryl methyl sites for hydroxylation is 1. The van der Waals surface area contributed by atoms with Gasteiger partial charge in [0.2, 0.25) is 0 Å². The van der Waals surface area contributed by atoms with Crippen LogP contribution in [0.5, 0.6) is 0 Å². The van der Waals surface area contributed by atoms with Gasteiger partial charge in [0, 0.05) is 17.5 Å². The Kier molecular flexibility index (Phi) is 15.1. The van der Waals surface area contributed by atoms with Crippen LogP contribution in [0.1, 0.15) is 42.7 Å². The van der Waals surface area contributed by atoms with Crippen molar-refractivity contribution in [2.75, 3.05) is 20.1 Å². The first-order chi connectivity index (χ1) is 9.22. The van der Waals surface area contributed by atoms with Crippen LogP contribution in [0.3, 0.4) is 0 Å². The second-order valence-electron chi connectivity index (χ2n) is 3.86. The molecule has 1 aromatic heterocycles. The molecule has 108 valence electrons. The minimum atomic E-state index is 0.626. The van der Waals surface area contributed by atoms with Gasteiger partial charge in [0.15, 0.2) is 6.29 Å². The molecule has 4 heteroatoms. The van der Waals surface area contributed by atoms with Gasteiger partial charge in [0.05, 0.1) is 0 Å². The van der Waals surface area contributed by atoms with E-state index in [0.29, 0.717) is 5.56 Å². The summed E-state index contributed by atoms with van der Waals surface area (Å²) in [6.45, 7) is 10.5. The molecule has 1 aliphatic heterocycles. The average Bonchev–Trinajstić information content (AvgIpc) is 2.96.